The van der Waals surface area contributed by atoms with Crippen molar-refractivity contribution in [2.75, 3.05) is 45.2 Å². The second kappa shape index (κ2) is 13.4. The van der Waals surface area contributed by atoms with Crippen molar-refractivity contribution < 1.29 is 19.7 Å². The van der Waals surface area contributed by atoms with E-state index in [0.29, 0.717) is 88.1 Å². The van der Waals surface area contributed by atoms with Crippen LogP contribution in [-0.4, -0.2) is 86.9 Å². The fraction of sp³-hybridized carbons (Fsp3) is 0.333. The molecule has 0 radical (unpaired) electrons. The summed E-state index contributed by atoms with van der Waals surface area (Å²) in [5.41, 5.74) is 6.95. The Kier molecular flexibility index (Phi) is 9.32. The van der Waals surface area contributed by atoms with Crippen LogP contribution in [-0.2, 0) is 19.5 Å². The molecule has 12 heteroatoms. The number of aliphatic hydroxyl groups is 2. The van der Waals surface area contributed by atoms with Crippen LogP contribution in [0.5, 0.6) is 5.88 Å². The number of aromatic nitrogens is 3. The second-order valence-corrected chi connectivity index (χ2v) is 12.1. The van der Waals surface area contributed by atoms with Gasteiger partial charge in [-0.25, -0.2) is 9.97 Å². The number of carbonyl (C=O) groups is 1. The van der Waals surface area contributed by atoms with Crippen LogP contribution >= 0.6 is 23.2 Å². The van der Waals surface area contributed by atoms with Gasteiger partial charge in [-0.1, -0.05) is 53.5 Å². The van der Waals surface area contributed by atoms with Gasteiger partial charge in [0.2, 0.25) is 5.88 Å². The summed E-state index contributed by atoms with van der Waals surface area (Å²) in [6, 6.07) is 12.8. The number of fused-ring (bicyclic) bond motifs is 1. The Morgan fingerprint density at radius 3 is 2.53 bits per heavy atom. The summed E-state index contributed by atoms with van der Waals surface area (Å²) < 4.78 is 5.54. The summed E-state index contributed by atoms with van der Waals surface area (Å²) in [4.78, 5) is 31.6. The standard InChI is InChI=1S/C33H34Cl2N6O4/c1-19-13-26(37-28-17-40(11-12-42)10-9-21(19)28)32(44)38-25-8-4-6-23(31(25)35)22-5-3-7-24(30(22)34)27-14-36-29(33(39-27)45-2)18-41-15-20(43)16-41/h3-8,13-14,20,42-43H,9-12,15-18H2,1-2H3,(H,38,44). The summed E-state index contributed by atoms with van der Waals surface area (Å²) in [6.07, 6.45) is 2.18. The predicted molar refractivity (Wildman–Crippen MR) is 174 cm³/mol. The molecule has 2 aliphatic heterocycles. The zero-order valence-corrected chi connectivity index (χ0v) is 26.6. The minimum Gasteiger partial charge on any atom is -0.480 e. The Labute approximate surface area is 271 Å². The number of halogens is 2. The number of rotatable bonds is 9. The van der Waals surface area contributed by atoms with E-state index in [1.54, 1.807) is 19.4 Å². The lowest BCUT2D eigenvalue weighted by Crippen LogP contribution is -2.50. The third kappa shape index (κ3) is 6.53. The van der Waals surface area contributed by atoms with E-state index >= 15 is 0 Å². The van der Waals surface area contributed by atoms with Crippen LogP contribution < -0.4 is 10.1 Å². The number of methoxy groups -OCH3 is 1. The Morgan fingerprint density at radius 2 is 1.80 bits per heavy atom. The highest BCUT2D eigenvalue weighted by Gasteiger charge is 2.27. The maximum Gasteiger partial charge on any atom is 0.274 e. The smallest absolute Gasteiger partial charge is 0.274 e. The minimum atomic E-state index is -0.366. The van der Waals surface area contributed by atoms with Crippen LogP contribution in [0.1, 0.15) is 33.0 Å². The molecule has 2 aliphatic rings. The summed E-state index contributed by atoms with van der Waals surface area (Å²) in [5, 5.41) is 22.7. The van der Waals surface area contributed by atoms with Crippen molar-refractivity contribution in [1.29, 1.82) is 0 Å². The van der Waals surface area contributed by atoms with Gasteiger partial charge in [-0.3, -0.25) is 19.6 Å². The van der Waals surface area contributed by atoms with Gasteiger partial charge in [0.15, 0.2) is 0 Å². The lowest BCUT2D eigenvalue weighted by atomic mass is 9.98. The van der Waals surface area contributed by atoms with Crippen molar-refractivity contribution in [3.8, 4) is 28.3 Å². The number of hydrogen-bond acceptors (Lipinski definition) is 9. The number of β-amino-alcohol motifs (C(OH)–C–C–N with tert-alkyl or cyclic N) is 2. The molecule has 0 aliphatic carbocycles. The number of hydrogen-bond donors (Lipinski definition) is 3. The topological polar surface area (TPSA) is 124 Å². The number of aryl methyl sites for hydroxylation is 1. The first kappa shape index (κ1) is 31.3. The number of amides is 1. The van der Waals surface area contributed by atoms with Crippen molar-refractivity contribution in [2.45, 2.75) is 32.5 Å². The molecule has 1 amide bonds. The molecule has 1 fully saturated rings. The van der Waals surface area contributed by atoms with E-state index in [1.165, 1.54) is 0 Å². The SMILES string of the molecule is COc1nc(-c2cccc(-c3cccc(NC(=O)c4cc(C)c5c(n4)CN(CCO)CC5)c3Cl)c2Cl)cnc1CN1CC(O)C1. The molecule has 6 rings (SSSR count). The minimum absolute atomic E-state index is 0.0788. The molecule has 0 spiro atoms. The van der Waals surface area contributed by atoms with Gasteiger partial charge in [0.25, 0.3) is 5.91 Å². The van der Waals surface area contributed by atoms with Gasteiger partial charge in [-0.2, -0.15) is 0 Å². The van der Waals surface area contributed by atoms with Crippen molar-refractivity contribution in [1.82, 2.24) is 24.8 Å². The number of anilines is 1. The van der Waals surface area contributed by atoms with E-state index in [-0.39, 0.29) is 18.6 Å². The van der Waals surface area contributed by atoms with Crippen LogP contribution in [0.2, 0.25) is 10.0 Å². The molecule has 0 unspecified atom stereocenters. The highest BCUT2D eigenvalue weighted by molar-refractivity contribution is 6.39. The number of pyridine rings is 1. The lowest BCUT2D eigenvalue weighted by molar-refractivity contribution is -0.00403. The van der Waals surface area contributed by atoms with E-state index in [4.69, 9.17) is 27.9 Å². The third-order valence-corrected chi connectivity index (χ3v) is 9.08. The fourth-order valence-electron chi connectivity index (χ4n) is 5.89. The Bertz CT molecular complexity index is 1750. The first-order chi connectivity index (χ1) is 21.7. The molecule has 4 heterocycles. The van der Waals surface area contributed by atoms with Gasteiger partial charge in [0.05, 0.1) is 53.1 Å². The summed E-state index contributed by atoms with van der Waals surface area (Å²) in [5.74, 6) is 0.0273. The molecule has 3 N–H and O–H groups in total. The molecule has 4 aromatic rings. The maximum atomic E-state index is 13.4. The molecule has 2 aromatic heterocycles. The highest BCUT2D eigenvalue weighted by Crippen LogP contribution is 2.41. The predicted octanol–water partition coefficient (Wildman–Crippen LogP) is 4.61. The van der Waals surface area contributed by atoms with Crippen molar-refractivity contribution >= 4 is 34.8 Å². The number of ether oxygens (including phenoxy) is 1. The van der Waals surface area contributed by atoms with Gasteiger partial charge in [0, 0.05) is 56.0 Å². The summed E-state index contributed by atoms with van der Waals surface area (Å²) in [7, 11) is 1.55. The quantitative estimate of drug-likeness (QED) is 0.239. The van der Waals surface area contributed by atoms with Crippen molar-refractivity contribution in [3.05, 3.63) is 86.9 Å². The number of carbonyl (C=O) groups excluding carboxylic acids is 1. The number of aliphatic hydroxyl groups excluding tert-OH is 2. The first-order valence-corrected chi connectivity index (χ1v) is 15.5. The zero-order chi connectivity index (χ0) is 31.7. The molecule has 234 valence electrons. The van der Waals surface area contributed by atoms with E-state index < -0.39 is 0 Å². The number of nitrogens with zero attached hydrogens (tertiary/aromatic N) is 5. The Balaban J connectivity index is 1.25. The molecule has 0 atom stereocenters. The normalized spacial score (nSPS) is 15.4. The van der Waals surface area contributed by atoms with E-state index in [2.05, 4.69) is 30.1 Å². The Morgan fingerprint density at radius 1 is 1.07 bits per heavy atom. The molecule has 0 bridgehead atoms. The van der Waals surface area contributed by atoms with Gasteiger partial charge in [0.1, 0.15) is 11.4 Å². The van der Waals surface area contributed by atoms with Gasteiger partial charge >= 0.3 is 0 Å². The van der Waals surface area contributed by atoms with Gasteiger partial charge in [-0.05, 0) is 36.6 Å². The third-order valence-electron chi connectivity index (χ3n) is 8.26. The molecular weight excluding hydrogens is 615 g/mol. The average Bonchev–Trinajstić information content (AvgIpc) is 3.02. The van der Waals surface area contributed by atoms with E-state index in [0.717, 1.165) is 29.8 Å². The molecule has 0 saturated carbocycles. The monoisotopic (exact) mass is 648 g/mol. The van der Waals surface area contributed by atoms with E-state index in [9.17, 15) is 15.0 Å². The molecule has 10 nitrogen and oxygen atoms in total. The zero-order valence-electron chi connectivity index (χ0n) is 25.1. The highest BCUT2D eigenvalue weighted by atomic mass is 35.5. The van der Waals surface area contributed by atoms with Gasteiger partial charge in [-0.15, -0.1) is 0 Å². The number of likely N-dealkylation sites (tertiary alicyclic amines) is 1. The lowest BCUT2D eigenvalue weighted by Gasteiger charge is -2.35. The van der Waals surface area contributed by atoms with Crippen LogP contribution in [0.4, 0.5) is 5.69 Å². The van der Waals surface area contributed by atoms with Crippen molar-refractivity contribution in [2.24, 2.45) is 0 Å². The van der Waals surface area contributed by atoms with Crippen LogP contribution in [0.3, 0.4) is 0 Å². The Hall–Kier alpha value is -3.64. The van der Waals surface area contributed by atoms with Gasteiger partial charge < -0.3 is 20.3 Å². The van der Waals surface area contributed by atoms with E-state index in [1.807, 2.05) is 43.3 Å². The maximum absolute atomic E-state index is 13.4. The van der Waals surface area contributed by atoms with Crippen LogP contribution in [0.15, 0.2) is 48.7 Å². The summed E-state index contributed by atoms with van der Waals surface area (Å²) >= 11 is 13.9. The molecular formula is C33H34Cl2N6O4. The first-order valence-electron chi connectivity index (χ1n) is 14.8. The summed E-state index contributed by atoms with van der Waals surface area (Å²) in [6.45, 7) is 5.79. The van der Waals surface area contributed by atoms with Crippen molar-refractivity contribution in [3.63, 3.8) is 0 Å². The molecule has 1 saturated heterocycles. The van der Waals surface area contributed by atoms with Crippen LogP contribution in [0.25, 0.3) is 22.4 Å². The number of nitrogens with one attached hydrogen (secondary N) is 1. The second-order valence-electron chi connectivity index (χ2n) is 11.3. The fourth-order valence-corrected chi connectivity index (χ4v) is 6.49. The van der Waals surface area contributed by atoms with Crippen LogP contribution in [0, 0.1) is 6.92 Å². The molecule has 2 aromatic carbocycles. The largest absolute Gasteiger partial charge is 0.480 e. The molecule has 45 heavy (non-hydrogen) atoms. The average molecular weight is 650 g/mol. The number of benzene rings is 2.